The minimum atomic E-state index is 0.505. The predicted molar refractivity (Wildman–Crippen MR) is 64.3 cm³/mol. The normalized spacial score (nSPS) is 11.1. The Kier molecular flexibility index (Phi) is 2.01. The first-order valence-corrected chi connectivity index (χ1v) is 5.28. The number of methoxy groups -OCH3 is 1. The van der Waals surface area contributed by atoms with Gasteiger partial charge in [-0.1, -0.05) is 17.7 Å². The summed E-state index contributed by atoms with van der Waals surface area (Å²) in [5.41, 5.74) is 2.65. The van der Waals surface area contributed by atoms with Gasteiger partial charge in [0.15, 0.2) is 5.15 Å². The third kappa shape index (κ3) is 1.18. The second kappa shape index (κ2) is 3.39. The molecule has 0 aliphatic heterocycles. The molecule has 80 valence electrons. The van der Waals surface area contributed by atoms with Crippen LogP contribution in [0.25, 0.3) is 16.6 Å². The lowest BCUT2D eigenvalue weighted by Gasteiger charge is -2.08. The second-order valence-corrected chi connectivity index (χ2v) is 3.85. The van der Waals surface area contributed by atoms with Gasteiger partial charge in [-0.25, -0.2) is 4.98 Å². The van der Waals surface area contributed by atoms with Crippen molar-refractivity contribution in [3.63, 3.8) is 0 Å². The molecule has 0 N–H and O–H groups in total. The van der Waals surface area contributed by atoms with Crippen molar-refractivity contribution in [3.05, 3.63) is 41.7 Å². The molecule has 0 spiro atoms. The molecular weight excluding hydrogens is 224 g/mol. The van der Waals surface area contributed by atoms with Crippen molar-refractivity contribution in [2.45, 2.75) is 0 Å². The van der Waals surface area contributed by atoms with E-state index in [9.17, 15) is 0 Å². The highest BCUT2D eigenvalue weighted by molar-refractivity contribution is 6.33. The molecule has 0 amide bonds. The van der Waals surface area contributed by atoms with Gasteiger partial charge in [-0.15, -0.1) is 0 Å². The average Bonchev–Trinajstić information content (AvgIpc) is 2.77. The largest absolute Gasteiger partial charge is 0.494 e. The summed E-state index contributed by atoms with van der Waals surface area (Å²) < 4.78 is 7.33. The van der Waals surface area contributed by atoms with Crippen molar-refractivity contribution in [2.75, 3.05) is 7.11 Å². The molecule has 2 heterocycles. The maximum atomic E-state index is 6.10. The smallest absolute Gasteiger partial charge is 0.153 e. The first kappa shape index (κ1) is 9.48. The van der Waals surface area contributed by atoms with E-state index < -0.39 is 0 Å². The van der Waals surface area contributed by atoms with E-state index in [1.54, 1.807) is 7.11 Å². The topological polar surface area (TPSA) is 26.5 Å². The summed E-state index contributed by atoms with van der Waals surface area (Å²) in [5.74, 6) is 0.794. The molecule has 1 aromatic carbocycles. The van der Waals surface area contributed by atoms with Crippen molar-refractivity contribution >= 4 is 28.2 Å². The molecule has 0 fully saturated rings. The molecule has 0 saturated heterocycles. The van der Waals surface area contributed by atoms with Crippen LogP contribution in [0, 0.1) is 0 Å². The highest BCUT2D eigenvalue weighted by atomic mass is 35.5. The van der Waals surface area contributed by atoms with Gasteiger partial charge in [0, 0.05) is 6.20 Å². The average molecular weight is 233 g/mol. The second-order valence-electron chi connectivity index (χ2n) is 3.49. The van der Waals surface area contributed by atoms with Gasteiger partial charge in [0.1, 0.15) is 11.3 Å². The van der Waals surface area contributed by atoms with Crippen LogP contribution in [0.2, 0.25) is 5.15 Å². The van der Waals surface area contributed by atoms with E-state index in [0.717, 1.165) is 22.3 Å². The Morgan fingerprint density at radius 1 is 1.25 bits per heavy atom. The molecule has 0 aliphatic carbocycles. The minimum Gasteiger partial charge on any atom is -0.494 e. The molecule has 16 heavy (non-hydrogen) atoms. The number of benzene rings is 1. The molecule has 0 radical (unpaired) electrons. The molecule has 2 aromatic heterocycles. The lowest BCUT2D eigenvalue weighted by Crippen LogP contribution is -1.94. The Morgan fingerprint density at radius 2 is 2.12 bits per heavy atom. The zero-order valence-electron chi connectivity index (χ0n) is 8.64. The first-order chi connectivity index (χ1) is 7.81. The van der Waals surface area contributed by atoms with E-state index >= 15 is 0 Å². The van der Waals surface area contributed by atoms with E-state index in [1.165, 1.54) is 0 Å². The Morgan fingerprint density at radius 3 is 2.94 bits per heavy atom. The summed E-state index contributed by atoms with van der Waals surface area (Å²) in [6.07, 6.45) is 1.95. The van der Waals surface area contributed by atoms with E-state index in [2.05, 4.69) is 4.98 Å². The zero-order valence-corrected chi connectivity index (χ0v) is 9.40. The van der Waals surface area contributed by atoms with Crippen LogP contribution >= 0.6 is 11.6 Å². The molecule has 4 heteroatoms. The van der Waals surface area contributed by atoms with Gasteiger partial charge in [-0.2, -0.15) is 0 Å². The number of ether oxygens (including phenoxy) is 1. The highest BCUT2D eigenvalue weighted by Gasteiger charge is 2.09. The van der Waals surface area contributed by atoms with Gasteiger partial charge in [0.25, 0.3) is 0 Å². The summed E-state index contributed by atoms with van der Waals surface area (Å²) in [4.78, 5) is 4.35. The Bertz CT molecular complexity index is 675. The number of nitrogens with zero attached hydrogens (tertiary/aromatic N) is 2. The molecule has 0 aliphatic rings. The lowest BCUT2D eigenvalue weighted by molar-refractivity contribution is 0.418. The third-order valence-corrected chi connectivity index (χ3v) is 2.90. The zero-order chi connectivity index (χ0) is 11.1. The number of hydrogen-bond donors (Lipinski definition) is 0. The summed E-state index contributed by atoms with van der Waals surface area (Å²) in [7, 11) is 1.65. The standard InChI is InChI=1S/C12H9ClN2O/c1-16-10-6-2-4-8-11(10)15-7-3-5-9(15)12(13)14-8/h2-7H,1H3. The lowest BCUT2D eigenvalue weighted by atomic mass is 10.2. The van der Waals surface area contributed by atoms with E-state index in [0.29, 0.717) is 5.15 Å². The van der Waals surface area contributed by atoms with Crippen molar-refractivity contribution in [2.24, 2.45) is 0 Å². The Hall–Kier alpha value is -1.74. The molecule has 0 atom stereocenters. The molecule has 3 rings (SSSR count). The fraction of sp³-hybridized carbons (Fsp3) is 0.0833. The summed E-state index contributed by atoms with van der Waals surface area (Å²) in [6, 6.07) is 9.61. The van der Waals surface area contributed by atoms with Crippen LogP contribution in [0.5, 0.6) is 5.75 Å². The third-order valence-electron chi connectivity index (χ3n) is 2.62. The van der Waals surface area contributed by atoms with E-state index in [1.807, 2.05) is 40.9 Å². The van der Waals surface area contributed by atoms with Crippen LogP contribution in [0.3, 0.4) is 0 Å². The highest BCUT2D eigenvalue weighted by Crippen LogP contribution is 2.28. The number of para-hydroxylation sites is 1. The van der Waals surface area contributed by atoms with Crippen molar-refractivity contribution in [1.82, 2.24) is 9.38 Å². The molecule has 3 aromatic rings. The molecule has 0 saturated carbocycles. The van der Waals surface area contributed by atoms with Gasteiger partial charge in [0.2, 0.25) is 0 Å². The van der Waals surface area contributed by atoms with Crippen LogP contribution in [0.4, 0.5) is 0 Å². The van der Waals surface area contributed by atoms with Crippen LogP contribution < -0.4 is 4.74 Å². The number of hydrogen-bond acceptors (Lipinski definition) is 2. The minimum absolute atomic E-state index is 0.505. The van der Waals surface area contributed by atoms with Gasteiger partial charge in [-0.3, -0.25) is 0 Å². The fourth-order valence-electron chi connectivity index (χ4n) is 1.91. The predicted octanol–water partition coefficient (Wildman–Crippen LogP) is 3.15. The van der Waals surface area contributed by atoms with Crippen LogP contribution in [-0.4, -0.2) is 16.5 Å². The van der Waals surface area contributed by atoms with Crippen LogP contribution in [0.1, 0.15) is 0 Å². The first-order valence-electron chi connectivity index (χ1n) is 4.90. The van der Waals surface area contributed by atoms with Gasteiger partial charge < -0.3 is 9.14 Å². The molecule has 0 bridgehead atoms. The number of rotatable bonds is 1. The van der Waals surface area contributed by atoms with Crippen LogP contribution in [0.15, 0.2) is 36.5 Å². The summed E-state index contributed by atoms with van der Waals surface area (Å²) in [5, 5.41) is 0.505. The van der Waals surface area contributed by atoms with Crippen molar-refractivity contribution in [1.29, 1.82) is 0 Å². The molecule has 3 nitrogen and oxygen atoms in total. The molecular formula is C12H9ClN2O. The maximum absolute atomic E-state index is 6.10. The number of fused-ring (bicyclic) bond motifs is 3. The van der Waals surface area contributed by atoms with E-state index in [4.69, 9.17) is 16.3 Å². The summed E-state index contributed by atoms with van der Waals surface area (Å²) in [6.45, 7) is 0. The van der Waals surface area contributed by atoms with Crippen LogP contribution in [-0.2, 0) is 0 Å². The quantitative estimate of drug-likeness (QED) is 0.644. The Balaban J connectivity index is 2.60. The fourth-order valence-corrected chi connectivity index (χ4v) is 2.16. The van der Waals surface area contributed by atoms with E-state index in [-0.39, 0.29) is 0 Å². The molecule has 0 unspecified atom stereocenters. The van der Waals surface area contributed by atoms with Gasteiger partial charge >= 0.3 is 0 Å². The maximum Gasteiger partial charge on any atom is 0.153 e. The monoisotopic (exact) mass is 232 g/mol. The SMILES string of the molecule is COc1cccc2nc(Cl)c3cccn3c12. The summed E-state index contributed by atoms with van der Waals surface area (Å²) >= 11 is 6.10. The number of aromatic nitrogens is 2. The Labute approximate surface area is 97.2 Å². The van der Waals surface area contributed by atoms with Gasteiger partial charge in [-0.05, 0) is 24.3 Å². The number of halogens is 1. The van der Waals surface area contributed by atoms with Crippen molar-refractivity contribution < 1.29 is 4.74 Å². The van der Waals surface area contributed by atoms with Crippen molar-refractivity contribution in [3.8, 4) is 5.75 Å². The van der Waals surface area contributed by atoms with Gasteiger partial charge in [0.05, 0.1) is 18.1 Å².